The van der Waals surface area contributed by atoms with E-state index in [1.54, 1.807) is 0 Å². The number of anilines is 2. The van der Waals surface area contributed by atoms with Crippen LogP contribution in [-0.4, -0.2) is 82.6 Å². The SMILES string of the molecule is CCN1CCN(c2ccccc2NC(=O)c2cc(S(=O)(=O)N3CCOCC3)ccc2Cl)CC1. The number of hydrogen-bond acceptors (Lipinski definition) is 6. The first-order valence-electron chi connectivity index (χ1n) is 11.2. The molecule has 1 N–H and O–H groups in total. The molecular weight excluding hydrogens is 464 g/mol. The molecular formula is C23H29ClN4O4S. The minimum atomic E-state index is -3.74. The van der Waals surface area contributed by atoms with Gasteiger partial charge in [0.05, 0.1) is 40.1 Å². The number of likely N-dealkylation sites (N-methyl/N-ethyl adjacent to an activating group) is 1. The number of halogens is 1. The highest BCUT2D eigenvalue weighted by atomic mass is 35.5. The third-order valence-corrected chi connectivity index (χ3v) is 8.33. The fourth-order valence-electron chi connectivity index (χ4n) is 4.12. The van der Waals surface area contributed by atoms with E-state index in [2.05, 4.69) is 22.0 Å². The maximum Gasteiger partial charge on any atom is 0.257 e. The van der Waals surface area contributed by atoms with Gasteiger partial charge in [0.15, 0.2) is 0 Å². The molecule has 0 unspecified atom stereocenters. The predicted octanol–water partition coefficient (Wildman–Crippen LogP) is 2.76. The molecule has 2 aliphatic heterocycles. The van der Waals surface area contributed by atoms with E-state index in [-0.39, 0.29) is 28.6 Å². The second-order valence-electron chi connectivity index (χ2n) is 8.05. The summed E-state index contributed by atoms with van der Waals surface area (Å²) in [6, 6.07) is 11.9. The second-order valence-corrected chi connectivity index (χ2v) is 10.4. The van der Waals surface area contributed by atoms with Gasteiger partial charge in [-0.3, -0.25) is 4.79 Å². The van der Waals surface area contributed by atoms with Crippen LogP contribution in [-0.2, 0) is 14.8 Å². The van der Waals surface area contributed by atoms with Crippen LogP contribution in [0.4, 0.5) is 11.4 Å². The molecule has 0 aliphatic carbocycles. The quantitative estimate of drug-likeness (QED) is 0.667. The van der Waals surface area contributed by atoms with Gasteiger partial charge in [0, 0.05) is 39.3 Å². The third kappa shape index (κ3) is 5.33. The van der Waals surface area contributed by atoms with Crippen molar-refractivity contribution >= 4 is 38.9 Å². The van der Waals surface area contributed by atoms with Gasteiger partial charge in [-0.15, -0.1) is 0 Å². The number of para-hydroxylation sites is 2. The smallest absolute Gasteiger partial charge is 0.257 e. The van der Waals surface area contributed by atoms with Crippen molar-refractivity contribution in [2.45, 2.75) is 11.8 Å². The summed E-state index contributed by atoms with van der Waals surface area (Å²) in [6.45, 7) is 8.11. The maximum atomic E-state index is 13.2. The normalized spacial score (nSPS) is 18.3. The average molecular weight is 493 g/mol. The number of amides is 1. The number of nitrogens with zero attached hydrogens (tertiary/aromatic N) is 3. The van der Waals surface area contributed by atoms with E-state index in [0.29, 0.717) is 18.9 Å². The summed E-state index contributed by atoms with van der Waals surface area (Å²) in [6.07, 6.45) is 0. The topological polar surface area (TPSA) is 82.2 Å². The summed E-state index contributed by atoms with van der Waals surface area (Å²) >= 11 is 6.31. The number of ether oxygens (including phenoxy) is 1. The number of morpholine rings is 1. The number of nitrogens with one attached hydrogen (secondary N) is 1. The fraction of sp³-hybridized carbons (Fsp3) is 0.435. The van der Waals surface area contributed by atoms with Crippen molar-refractivity contribution in [2.24, 2.45) is 0 Å². The van der Waals surface area contributed by atoms with Crippen molar-refractivity contribution in [2.75, 3.05) is 69.2 Å². The summed E-state index contributed by atoms with van der Waals surface area (Å²) < 4.78 is 32.7. The molecule has 4 rings (SSSR count). The Labute approximate surface area is 200 Å². The highest BCUT2D eigenvalue weighted by molar-refractivity contribution is 7.89. The lowest BCUT2D eigenvalue weighted by Crippen LogP contribution is -2.46. The van der Waals surface area contributed by atoms with Crippen molar-refractivity contribution in [3.05, 3.63) is 53.1 Å². The summed E-state index contributed by atoms with van der Waals surface area (Å²) in [5.41, 5.74) is 1.73. The van der Waals surface area contributed by atoms with Crippen molar-refractivity contribution in [3.63, 3.8) is 0 Å². The Morgan fingerprint density at radius 3 is 2.42 bits per heavy atom. The molecule has 0 saturated carbocycles. The molecule has 2 saturated heterocycles. The largest absolute Gasteiger partial charge is 0.379 e. The molecule has 0 aromatic heterocycles. The van der Waals surface area contributed by atoms with Crippen LogP contribution < -0.4 is 10.2 Å². The lowest BCUT2D eigenvalue weighted by atomic mass is 10.1. The molecule has 0 spiro atoms. The van der Waals surface area contributed by atoms with Gasteiger partial charge in [-0.05, 0) is 36.9 Å². The Morgan fingerprint density at radius 1 is 1.03 bits per heavy atom. The zero-order valence-corrected chi connectivity index (χ0v) is 20.2. The predicted molar refractivity (Wildman–Crippen MR) is 130 cm³/mol. The van der Waals surface area contributed by atoms with Crippen LogP contribution in [0.15, 0.2) is 47.4 Å². The molecule has 0 radical (unpaired) electrons. The van der Waals surface area contributed by atoms with Gasteiger partial charge in [0.1, 0.15) is 0 Å². The summed E-state index contributed by atoms with van der Waals surface area (Å²) in [5.74, 6) is -0.446. The van der Waals surface area contributed by atoms with Crippen molar-refractivity contribution in [1.82, 2.24) is 9.21 Å². The number of hydrogen-bond donors (Lipinski definition) is 1. The van der Waals surface area contributed by atoms with E-state index in [4.69, 9.17) is 16.3 Å². The van der Waals surface area contributed by atoms with E-state index in [1.807, 2.05) is 24.3 Å². The van der Waals surface area contributed by atoms with Gasteiger partial charge in [-0.1, -0.05) is 30.7 Å². The molecule has 2 fully saturated rings. The Morgan fingerprint density at radius 2 is 1.73 bits per heavy atom. The number of rotatable bonds is 6. The Hall–Kier alpha value is -2.17. The monoisotopic (exact) mass is 492 g/mol. The van der Waals surface area contributed by atoms with Crippen LogP contribution in [0.5, 0.6) is 0 Å². The Kier molecular flexibility index (Phi) is 7.55. The van der Waals surface area contributed by atoms with E-state index in [1.165, 1.54) is 22.5 Å². The minimum absolute atomic E-state index is 0.0444. The van der Waals surface area contributed by atoms with Crippen LogP contribution in [0.3, 0.4) is 0 Å². The van der Waals surface area contributed by atoms with E-state index in [0.717, 1.165) is 38.4 Å². The van der Waals surface area contributed by atoms with Crippen LogP contribution >= 0.6 is 11.6 Å². The van der Waals surface area contributed by atoms with Gasteiger partial charge >= 0.3 is 0 Å². The van der Waals surface area contributed by atoms with Crippen LogP contribution in [0.1, 0.15) is 17.3 Å². The molecule has 0 bridgehead atoms. The summed E-state index contributed by atoms with van der Waals surface area (Å²) in [5, 5.41) is 3.14. The molecule has 178 valence electrons. The van der Waals surface area contributed by atoms with Gasteiger partial charge in [-0.2, -0.15) is 4.31 Å². The molecule has 10 heteroatoms. The van der Waals surface area contributed by atoms with Crippen LogP contribution in [0, 0.1) is 0 Å². The highest BCUT2D eigenvalue weighted by Gasteiger charge is 2.28. The van der Waals surface area contributed by atoms with E-state index in [9.17, 15) is 13.2 Å². The molecule has 2 aromatic rings. The Bertz CT molecular complexity index is 1100. The molecule has 8 nitrogen and oxygen atoms in total. The number of carbonyl (C=O) groups excluding carboxylic acids is 1. The molecule has 33 heavy (non-hydrogen) atoms. The number of sulfonamides is 1. The molecule has 1 amide bonds. The Balaban J connectivity index is 1.56. The zero-order chi connectivity index (χ0) is 23.4. The number of piperazine rings is 1. The van der Waals surface area contributed by atoms with Crippen molar-refractivity contribution in [1.29, 1.82) is 0 Å². The zero-order valence-electron chi connectivity index (χ0n) is 18.7. The van der Waals surface area contributed by atoms with Crippen molar-refractivity contribution < 1.29 is 17.9 Å². The highest BCUT2D eigenvalue weighted by Crippen LogP contribution is 2.29. The van der Waals surface area contributed by atoms with Gasteiger partial charge in [0.2, 0.25) is 10.0 Å². The molecule has 2 aliphatic rings. The van der Waals surface area contributed by atoms with Crippen LogP contribution in [0.2, 0.25) is 5.02 Å². The van der Waals surface area contributed by atoms with Gasteiger partial charge < -0.3 is 19.9 Å². The molecule has 2 heterocycles. The van der Waals surface area contributed by atoms with Crippen molar-refractivity contribution in [3.8, 4) is 0 Å². The first-order chi connectivity index (χ1) is 15.9. The van der Waals surface area contributed by atoms with Crippen LogP contribution in [0.25, 0.3) is 0 Å². The van der Waals surface area contributed by atoms with E-state index >= 15 is 0 Å². The van der Waals surface area contributed by atoms with Gasteiger partial charge in [-0.25, -0.2) is 8.42 Å². The number of carbonyl (C=O) groups is 1. The average Bonchev–Trinajstić information content (AvgIpc) is 2.85. The first kappa shape index (κ1) is 24.0. The number of benzene rings is 2. The molecule has 0 atom stereocenters. The second kappa shape index (κ2) is 10.4. The summed E-state index contributed by atoms with van der Waals surface area (Å²) in [4.78, 5) is 17.9. The third-order valence-electron chi connectivity index (χ3n) is 6.10. The minimum Gasteiger partial charge on any atom is -0.379 e. The lowest BCUT2D eigenvalue weighted by molar-refractivity contribution is 0.0730. The standard InChI is InChI=1S/C23H29ClN4O4S/c1-2-26-9-11-27(12-10-26)22-6-4-3-5-21(22)25-23(29)19-17-18(7-8-20(19)24)33(30,31)28-13-15-32-16-14-28/h3-8,17H,2,9-16H2,1H3,(H,25,29). The van der Waals surface area contributed by atoms with E-state index < -0.39 is 15.9 Å². The fourth-order valence-corrected chi connectivity index (χ4v) is 5.76. The first-order valence-corrected chi connectivity index (χ1v) is 13.0. The molecule has 2 aromatic carbocycles. The maximum absolute atomic E-state index is 13.2. The summed E-state index contributed by atoms with van der Waals surface area (Å²) in [7, 11) is -3.74. The lowest BCUT2D eigenvalue weighted by Gasteiger charge is -2.36. The van der Waals surface area contributed by atoms with Gasteiger partial charge in [0.25, 0.3) is 5.91 Å².